The lowest BCUT2D eigenvalue weighted by Gasteiger charge is -2.19. The molecule has 1 unspecified atom stereocenters. The van der Waals surface area contributed by atoms with Crippen LogP contribution in [0.15, 0.2) is 85.2 Å². The number of amides is 2. The van der Waals surface area contributed by atoms with Gasteiger partial charge in [0.05, 0.1) is 6.04 Å². The van der Waals surface area contributed by atoms with E-state index >= 15 is 0 Å². The lowest BCUT2D eigenvalue weighted by Crippen LogP contribution is -2.37. The Morgan fingerprint density at radius 3 is 1.96 bits per heavy atom. The number of hydrogen-bond donors (Lipinski definition) is 2. The average molecular weight is 359 g/mol. The van der Waals surface area contributed by atoms with Crippen LogP contribution in [-0.4, -0.2) is 17.6 Å². The number of benzene rings is 2. The van der Waals surface area contributed by atoms with Crippen LogP contribution in [0.3, 0.4) is 0 Å². The SMILES string of the molecule is CC(NC(=O)NCCC(c1ccccc1)c1ccccc1)c1ccncc1. The molecule has 0 aliphatic rings. The molecule has 2 aromatic carbocycles. The molecule has 27 heavy (non-hydrogen) atoms. The Labute approximate surface area is 160 Å². The van der Waals surface area contributed by atoms with E-state index in [1.807, 2.05) is 31.2 Å². The van der Waals surface area contributed by atoms with Crippen LogP contribution in [0, 0.1) is 0 Å². The smallest absolute Gasteiger partial charge is 0.315 e. The molecule has 3 rings (SSSR count). The third-order valence-electron chi connectivity index (χ3n) is 4.68. The minimum Gasteiger partial charge on any atom is -0.338 e. The Hall–Kier alpha value is -3.14. The highest BCUT2D eigenvalue weighted by Crippen LogP contribution is 2.27. The first-order valence-corrected chi connectivity index (χ1v) is 9.28. The Balaban J connectivity index is 1.57. The minimum absolute atomic E-state index is 0.0629. The second kappa shape index (κ2) is 9.53. The van der Waals surface area contributed by atoms with Gasteiger partial charge in [-0.2, -0.15) is 0 Å². The van der Waals surface area contributed by atoms with Gasteiger partial charge in [0.1, 0.15) is 0 Å². The number of nitrogens with one attached hydrogen (secondary N) is 2. The van der Waals surface area contributed by atoms with Crippen LogP contribution >= 0.6 is 0 Å². The van der Waals surface area contributed by atoms with Crippen molar-refractivity contribution in [2.24, 2.45) is 0 Å². The van der Waals surface area contributed by atoms with E-state index in [0.29, 0.717) is 6.54 Å². The predicted molar refractivity (Wildman–Crippen MR) is 109 cm³/mol. The molecule has 0 bridgehead atoms. The van der Waals surface area contributed by atoms with Gasteiger partial charge in [0.2, 0.25) is 0 Å². The lowest BCUT2D eigenvalue weighted by molar-refractivity contribution is 0.237. The molecule has 2 amide bonds. The summed E-state index contributed by atoms with van der Waals surface area (Å²) in [5, 5.41) is 5.96. The van der Waals surface area contributed by atoms with Crippen molar-refractivity contribution >= 4 is 6.03 Å². The van der Waals surface area contributed by atoms with Crippen molar-refractivity contribution in [1.29, 1.82) is 0 Å². The van der Waals surface area contributed by atoms with Gasteiger partial charge in [-0.05, 0) is 42.2 Å². The standard InChI is InChI=1S/C23H25N3O/c1-18(19-12-15-24-16-13-19)26-23(27)25-17-14-22(20-8-4-2-5-9-20)21-10-6-3-7-11-21/h2-13,15-16,18,22H,14,17H2,1H3,(H2,25,26,27). The van der Waals surface area contributed by atoms with E-state index in [9.17, 15) is 4.79 Å². The van der Waals surface area contributed by atoms with Gasteiger partial charge in [0.15, 0.2) is 0 Å². The zero-order valence-corrected chi connectivity index (χ0v) is 15.5. The van der Waals surface area contributed by atoms with Crippen molar-refractivity contribution in [3.63, 3.8) is 0 Å². The van der Waals surface area contributed by atoms with Gasteiger partial charge >= 0.3 is 6.03 Å². The molecule has 0 radical (unpaired) electrons. The zero-order chi connectivity index (χ0) is 18.9. The molecule has 4 heteroatoms. The number of nitrogens with zero attached hydrogens (tertiary/aromatic N) is 1. The molecule has 138 valence electrons. The molecule has 4 nitrogen and oxygen atoms in total. The maximum Gasteiger partial charge on any atom is 0.315 e. The summed E-state index contributed by atoms with van der Waals surface area (Å²) in [6, 6.07) is 24.4. The Kier molecular flexibility index (Phi) is 6.58. The number of urea groups is 1. The van der Waals surface area contributed by atoms with Gasteiger partial charge in [-0.25, -0.2) is 4.79 Å². The molecular weight excluding hydrogens is 334 g/mol. The summed E-state index contributed by atoms with van der Waals surface area (Å²) in [6.07, 6.45) is 4.30. The van der Waals surface area contributed by atoms with Gasteiger partial charge in [0.25, 0.3) is 0 Å². The summed E-state index contributed by atoms with van der Waals surface area (Å²) < 4.78 is 0. The van der Waals surface area contributed by atoms with E-state index in [-0.39, 0.29) is 18.0 Å². The second-order valence-electron chi connectivity index (χ2n) is 6.57. The van der Waals surface area contributed by atoms with Gasteiger partial charge in [-0.1, -0.05) is 60.7 Å². The van der Waals surface area contributed by atoms with E-state index in [4.69, 9.17) is 0 Å². The van der Waals surface area contributed by atoms with Crippen molar-refractivity contribution in [3.05, 3.63) is 102 Å². The second-order valence-corrected chi connectivity index (χ2v) is 6.57. The number of aromatic nitrogens is 1. The van der Waals surface area contributed by atoms with Crippen LogP contribution in [0.25, 0.3) is 0 Å². The fourth-order valence-electron chi connectivity index (χ4n) is 3.21. The summed E-state index contributed by atoms with van der Waals surface area (Å²) in [7, 11) is 0. The maximum absolute atomic E-state index is 12.2. The average Bonchev–Trinajstić information content (AvgIpc) is 2.73. The molecule has 0 spiro atoms. The molecule has 0 aliphatic carbocycles. The Bertz CT molecular complexity index is 783. The first-order chi connectivity index (χ1) is 13.2. The van der Waals surface area contributed by atoms with Crippen molar-refractivity contribution < 1.29 is 4.79 Å². The van der Waals surface area contributed by atoms with E-state index < -0.39 is 0 Å². The highest BCUT2D eigenvalue weighted by Gasteiger charge is 2.15. The number of carbonyl (C=O) groups is 1. The fraction of sp³-hybridized carbons (Fsp3) is 0.217. The Morgan fingerprint density at radius 1 is 0.852 bits per heavy atom. The van der Waals surface area contributed by atoms with E-state index in [1.165, 1.54) is 11.1 Å². The number of rotatable bonds is 7. The molecule has 0 saturated carbocycles. The van der Waals surface area contributed by atoms with Crippen LogP contribution in [-0.2, 0) is 0 Å². The first kappa shape index (κ1) is 18.6. The third kappa shape index (κ3) is 5.42. The van der Waals surface area contributed by atoms with Crippen LogP contribution in [0.5, 0.6) is 0 Å². The summed E-state index contributed by atoms with van der Waals surface area (Å²) in [5.74, 6) is 0.255. The maximum atomic E-state index is 12.2. The third-order valence-corrected chi connectivity index (χ3v) is 4.68. The summed E-state index contributed by atoms with van der Waals surface area (Å²) in [4.78, 5) is 16.2. The largest absolute Gasteiger partial charge is 0.338 e. The van der Waals surface area contributed by atoms with Crippen LogP contribution in [0.4, 0.5) is 4.79 Å². The number of carbonyl (C=O) groups excluding carboxylic acids is 1. The topological polar surface area (TPSA) is 54.0 Å². The van der Waals surface area contributed by atoms with E-state index in [1.54, 1.807) is 12.4 Å². The predicted octanol–water partition coefficient (Wildman–Crippen LogP) is 4.66. The molecule has 1 atom stereocenters. The highest BCUT2D eigenvalue weighted by atomic mass is 16.2. The van der Waals surface area contributed by atoms with Gasteiger partial charge in [-0.3, -0.25) is 4.98 Å². The normalized spacial score (nSPS) is 11.8. The number of hydrogen-bond acceptors (Lipinski definition) is 2. The van der Waals surface area contributed by atoms with E-state index in [0.717, 1.165) is 12.0 Å². The van der Waals surface area contributed by atoms with Gasteiger partial charge < -0.3 is 10.6 Å². The minimum atomic E-state index is -0.154. The summed E-state index contributed by atoms with van der Waals surface area (Å²) >= 11 is 0. The number of pyridine rings is 1. The monoisotopic (exact) mass is 359 g/mol. The van der Waals surface area contributed by atoms with Crippen LogP contribution in [0.1, 0.15) is 42.0 Å². The lowest BCUT2D eigenvalue weighted by atomic mass is 9.88. The fourth-order valence-corrected chi connectivity index (χ4v) is 3.21. The quantitative estimate of drug-likeness (QED) is 0.644. The van der Waals surface area contributed by atoms with E-state index in [2.05, 4.69) is 64.1 Å². The van der Waals surface area contributed by atoms with Gasteiger partial charge in [-0.15, -0.1) is 0 Å². The molecule has 3 aromatic rings. The molecule has 0 saturated heterocycles. The highest BCUT2D eigenvalue weighted by molar-refractivity contribution is 5.74. The summed E-state index contributed by atoms with van der Waals surface area (Å²) in [5.41, 5.74) is 3.55. The van der Waals surface area contributed by atoms with Crippen molar-refractivity contribution in [1.82, 2.24) is 15.6 Å². The van der Waals surface area contributed by atoms with Gasteiger partial charge in [0, 0.05) is 24.9 Å². The molecule has 0 aliphatic heterocycles. The molecule has 0 fully saturated rings. The first-order valence-electron chi connectivity index (χ1n) is 9.28. The molecular formula is C23H25N3O. The Morgan fingerprint density at radius 2 is 1.41 bits per heavy atom. The zero-order valence-electron chi connectivity index (χ0n) is 15.5. The molecule has 2 N–H and O–H groups in total. The molecule has 1 aromatic heterocycles. The van der Waals surface area contributed by atoms with Crippen molar-refractivity contribution in [2.75, 3.05) is 6.54 Å². The van der Waals surface area contributed by atoms with Crippen molar-refractivity contribution in [2.45, 2.75) is 25.3 Å². The molecule has 1 heterocycles. The van der Waals surface area contributed by atoms with Crippen molar-refractivity contribution in [3.8, 4) is 0 Å². The summed E-state index contributed by atoms with van der Waals surface area (Å²) in [6.45, 7) is 2.56. The van der Waals surface area contributed by atoms with Crippen LogP contribution < -0.4 is 10.6 Å². The van der Waals surface area contributed by atoms with Crippen LogP contribution in [0.2, 0.25) is 0 Å².